The Hall–Kier alpha value is -3.61. The van der Waals surface area contributed by atoms with E-state index in [-0.39, 0.29) is 18.9 Å². The van der Waals surface area contributed by atoms with Crippen LogP contribution in [0.25, 0.3) is 0 Å². The van der Waals surface area contributed by atoms with Crippen LogP contribution in [-0.2, 0) is 40.2 Å². The first-order chi connectivity index (χ1) is 15.5. The molecule has 3 aromatic rings. The van der Waals surface area contributed by atoms with E-state index in [9.17, 15) is 9.59 Å². The van der Waals surface area contributed by atoms with Crippen molar-refractivity contribution in [2.24, 2.45) is 0 Å². The average Bonchev–Trinajstić information content (AvgIpc) is 3.37. The smallest absolute Gasteiger partial charge is 0.310 e. The van der Waals surface area contributed by atoms with E-state index in [1.54, 1.807) is 24.3 Å². The fourth-order valence-corrected chi connectivity index (χ4v) is 3.78. The lowest BCUT2D eigenvalue weighted by molar-refractivity contribution is -0.146. The van der Waals surface area contributed by atoms with Gasteiger partial charge in [-0.15, -0.1) is 0 Å². The number of esters is 1. The van der Waals surface area contributed by atoms with Gasteiger partial charge in [0, 0.05) is 5.69 Å². The van der Waals surface area contributed by atoms with Crippen molar-refractivity contribution in [3.63, 3.8) is 0 Å². The Kier molecular flexibility index (Phi) is 6.54. The molecule has 0 unspecified atom stereocenters. The predicted octanol–water partition coefficient (Wildman–Crippen LogP) is 4.08. The zero-order valence-electron chi connectivity index (χ0n) is 18.3. The number of hydrogen-bond donors (Lipinski definition) is 1. The third-order valence-electron chi connectivity index (χ3n) is 5.58. The molecule has 1 aliphatic carbocycles. The molecule has 1 aromatic heterocycles. The SMILES string of the molecule is Cc1noc(C)c1COc1ccc(CC(=O)OCC(=O)Nc2ccc3c(c2)CCC3)cc1. The number of nitrogens with one attached hydrogen (secondary N) is 1. The highest BCUT2D eigenvalue weighted by Crippen LogP contribution is 2.25. The maximum Gasteiger partial charge on any atom is 0.310 e. The highest BCUT2D eigenvalue weighted by atomic mass is 16.5. The quantitative estimate of drug-likeness (QED) is 0.537. The lowest BCUT2D eigenvalue weighted by Gasteiger charge is -2.09. The second-order valence-corrected chi connectivity index (χ2v) is 7.96. The predicted molar refractivity (Wildman–Crippen MR) is 119 cm³/mol. The zero-order chi connectivity index (χ0) is 22.5. The summed E-state index contributed by atoms with van der Waals surface area (Å²) < 4.78 is 16.0. The highest BCUT2D eigenvalue weighted by molar-refractivity contribution is 5.93. The van der Waals surface area contributed by atoms with E-state index in [0.29, 0.717) is 12.4 Å². The first kappa shape index (κ1) is 21.6. The minimum absolute atomic E-state index is 0.0796. The average molecular weight is 434 g/mol. The van der Waals surface area contributed by atoms with Crippen molar-refractivity contribution in [1.29, 1.82) is 0 Å². The van der Waals surface area contributed by atoms with Gasteiger partial charge in [0.15, 0.2) is 6.61 Å². The number of amides is 1. The van der Waals surface area contributed by atoms with Crippen molar-refractivity contribution >= 4 is 17.6 Å². The Bertz CT molecular complexity index is 1100. The van der Waals surface area contributed by atoms with Crippen molar-refractivity contribution in [1.82, 2.24) is 5.16 Å². The number of benzene rings is 2. The molecule has 0 bridgehead atoms. The van der Waals surface area contributed by atoms with E-state index >= 15 is 0 Å². The summed E-state index contributed by atoms with van der Waals surface area (Å²) in [4.78, 5) is 24.2. The highest BCUT2D eigenvalue weighted by Gasteiger charge is 2.13. The fraction of sp³-hybridized carbons (Fsp3) is 0.320. The molecule has 7 nitrogen and oxygen atoms in total. The van der Waals surface area contributed by atoms with Crippen LogP contribution < -0.4 is 10.1 Å². The van der Waals surface area contributed by atoms with Crippen LogP contribution in [-0.4, -0.2) is 23.6 Å². The standard InChI is InChI=1S/C25H26N2O5/c1-16-23(17(2)32-27-16)14-30-22-10-6-18(7-11-22)12-25(29)31-15-24(28)26-21-9-8-19-4-3-5-20(19)13-21/h6-11,13H,3-5,12,14-15H2,1-2H3,(H,26,28). The number of aryl methyl sites for hydroxylation is 4. The third-order valence-corrected chi connectivity index (χ3v) is 5.58. The number of anilines is 1. The van der Waals surface area contributed by atoms with Crippen LogP contribution in [0, 0.1) is 13.8 Å². The van der Waals surface area contributed by atoms with Gasteiger partial charge < -0.3 is 19.3 Å². The largest absolute Gasteiger partial charge is 0.489 e. The Morgan fingerprint density at radius 3 is 2.59 bits per heavy atom. The Balaban J connectivity index is 1.21. The lowest BCUT2D eigenvalue weighted by Crippen LogP contribution is -2.21. The minimum Gasteiger partial charge on any atom is -0.489 e. The monoisotopic (exact) mass is 434 g/mol. The summed E-state index contributed by atoms with van der Waals surface area (Å²) in [5.41, 5.74) is 5.86. The maximum atomic E-state index is 12.1. The second-order valence-electron chi connectivity index (χ2n) is 7.96. The van der Waals surface area contributed by atoms with Crippen LogP contribution in [0.3, 0.4) is 0 Å². The van der Waals surface area contributed by atoms with Gasteiger partial charge in [0.1, 0.15) is 18.1 Å². The van der Waals surface area contributed by atoms with Gasteiger partial charge in [-0.05, 0) is 74.1 Å². The molecule has 1 amide bonds. The van der Waals surface area contributed by atoms with Crippen LogP contribution in [0.5, 0.6) is 5.75 Å². The zero-order valence-corrected chi connectivity index (χ0v) is 18.3. The van der Waals surface area contributed by atoms with Crippen molar-refractivity contribution in [3.05, 3.63) is 76.2 Å². The first-order valence-corrected chi connectivity index (χ1v) is 10.7. The van der Waals surface area contributed by atoms with Crippen LogP contribution >= 0.6 is 0 Å². The summed E-state index contributed by atoms with van der Waals surface area (Å²) in [5, 5.41) is 6.70. The molecule has 0 atom stereocenters. The number of fused-ring (bicyclic) bond motifs is 1. The van der Waals surface area contributed by atoms with Crippen molar-refractivity contribution < 1.29 is 23.6 Å². The summed E-state index contributed by atoms with van der Waals surface area (Å²) in [6.07, 6.45) is 3.36. The Morgan fingerprint density at radius 2 is 1.84 bits per heavy atom. The molecule has 32 heavy (non-hydrogen) atoms. The second kappa shape index (κ2) is 9.68. The van der Waals surface area contributed by atoms with E-state index < -0.39 is 5.97 Å². The van der Waals surface area contributed by atoms with Crippen LogP contribution in [0.15, 0.2) is 47.0 Å². The van der Waals surface area contributed by atoms with Gasteiger partial charge in [-0.25, -0.2) is 0 Å². The van der Waals surface area contributed by atoms with E-state index in [2.05, 4.69) is 10.5 Å². The van der Waals surface area contributed by atoms with Gasteiger partial charge >= 0.3 is 5.97 Å². The molecule has 1 aliphatic rings. The van der Waals surface area contributed by atoms with E-state index in [1.165, 1.54) is 11.1 Å². The molecule has 2 aromatic carbocycles. The number of hydrogen-bond acceptors (Lipinski definition) is 6. The molecule has 0 aliphatic heterocycles. The summed E-state index contributed by atoms with van der Waals surface area (Å²) in [6, 6.07) is 13.1. The third kappa shape index (κ3) is 5.35. The molecule has 7 heteroatoms. The minimum atomic E-state index is -0.460. The van der Waals surface area contributed by atoms with Gasteiger partial charge in [-0.3, -0.25) is 9.59 Å². The molecular weight excluding hydrogens is 408 g/mol. The van der Waals surface area contributed by atoms with Crippen molar-refractivity contribution in [2.45, 2.75) is 46.1 Å². The Morgan fingerprint density at radius 1 is 1.06 bits per heavy atom. The topological polar surface area (TPSA) is 90.7 Å². The molecule has 0 radical (unpaired) electrons. The van der Waals surface area contributed by atoms with Gasteiger partial charge in [-0.2, -0.15) is 0 Å². The first-order valence-electron chi connectivity index (χ1n) is 10.7. The lowest BCUT2D eigenvalue weighted by atomic mass is 10.1. The summed E-state index contributed by atoms with van der Waals surface area (Å²) in [7, 11) is 0. The van der Waals surface area contributed by atoms with Gasteiger partial charge in [0.05, 0.1) is 17.7 Å². The fourth-order valence-electron chi connectivity index (χ4n) is 3.78. The molecule has 0 spiro atoms. The molecule has 0 saturated heterocycles. The van der Waals surface area contributed by atoms with Crippen LogP contribution in [0.4, 0.5) is 5.69 Å². The van der Waals surface area contributed by atoms with E-state index in [1.807, 2.05) is 32.0 Å². The van der Waals surface area contributed by atoms with Crippen LogP contribution in [0.2, 0.25) is 0 Å². The molecule has 1 heterocycles. The number of ether oxygens (including phenoxy) is 2. The Labute approximate surface area is 186 Å². The van der Waals surface area contributed by atoms with Crippen molar-refractivity contribution in [2.75, 3.05) is 11.9 Å². The molecule has 166 valence electrons. The molecule has 0 fully saturated rings. The van der Waals surface area contributed by atoms with Gasteiger partial charge in [0.2, 0.25) is 0 Å². The van der Waals surface area contributed by atoms with Gasteiger partial charge in [-0.1, -0.05) is 23.4 Å². The van der Waals surface area contributed by atoms with E-state index in [4.69, 9.17) is 14.0 Å². The summed E-state index contributed by atoms with van der Waals surface area (Å²) in [5.74, 6) is 0.607. The summed E-state index contributed by atoms with van der Waals surface area (Å²) >= 11 is 0. The molecule has 1 N–H and O–H groups in total. The number of carbonyl (C=O) groups excluding carboxylic acids is 2. The molecule has 4 rings (SSSR count). The summed E-state index contributed by atoms with van der Waals surface area (Å²) in [6.45, 7) is 3.77. The number of rotatable bonds is 8. The van der Waals surface area contributed by atoms with Crippen molar-refractivity contribution in [3.8, 4) is 5.75 Å². The number of carbonyl (C=O) groups is 2. The number of nitrogens with zero attached hydrogens (tertiary/aromatic N) is 1. The van der Waals surface area contributed by atoms with E-state index in [0.717, 1.165) is 47.5 Å². The maximum absolute atomic E-state index is 12.1. The molecule has 0 saturated carbocycles. The number of aromatic nitrogens is 1. The van der Waals surface area contributed by atoms with Crippen LogP contribution in [0.1, 0.15) is 40.1 Å². The molecular formula is C25H26N2O5. The normalized spacial score (nSPS) is 12.3. The van der Waals surface area contributed by atoms with Gasteiger partial charge in [0.25, 0.3) is 5.91 Å².